The first-order valence-corrected chi connectivity index (χ1v) is 12.8. The van der Waals surface area contributed by atoms with Crippen LogP contribution in [-0.4, -0.2) is 10.4 Å². The van der Waals surface area contributed by atoms with Gasteiger partial charge in [0, 0.05) is 25.7 Å². The van der Waals surface area contributed by atoms with E-state index in [0.717, 1.165) is 11.1 Å². The molecule has 0 bridgehead atoms. The van der Waals surface area contributed by atoms with Gasteiger partial charge in [-0.15, -0.1) is 11.3 Å². The number of rotatable bonds is 9. The summed E-state index contributed by atoms with van der Waals surface area (Å²) in [6.07, 6.45) is 5.17. The molecule has 2 heterocycles. The third-order valence-corrected chi connectivity index (χ3v) is 7.48. The normalized spacial score (nSPS) is 12.1. The summed E-state index contributed by atoms with van der Waals surface area (Å²) >= 11 is 32.1. The zero-order chi connectivity index (χ0) is 24.2. The predicted octanol–water partition coefficient (Wildman–Crippen LogP) is 7.95. The van der Waals surface area contributed by atoms with E-state index in [0.29, 0.717) is 35.8 Å². The summed E-state index contributed by atoms with van der Waals surface area (Å²) in [5.41, 5.74) is 1.60. The number of nitrogens with zero attached hydrogens (tertiary/aromatic N) is 2. The van der Waals surface area contributed by atoms with Crippen molar-refractivity contribution in [1.82, 2.24) is 4.57 Å². The summed E-state index contributed by atoms with van der Waals surface area (Å²) in [5, 5.41) is 2.13. The molecule has 2 aromatic carbocycles. The van der Waals surface area contributed by atoms with Gasteiger partial charge in [-0.1, -0.05) is 70.1 Å². The number of hydrogen-bond acceptors (Lipinski definition) is 3. The van der Waals surface area contributed by atoms with Crippen molar-refractivity contribution in [1.29, 1.82) is 0 Å². The van der Waals surface area contributed by atoms with E-state index in [1.165, 1.54) is 11.3 Å². The summed E-state index contributed by atoms with van der Waals surface area (Å²) in [6, 6.07) is 14.0. The van der Waals surface area contributed by atoms with Gasteiger partial charge in [0.25, 0.3) is 0 Å². The van der Waals surface area contributed by atoms with Crippen LogP contribution < -0.4 is 4.57 Å². The molecular weight excluding hydrogens is 558 g/mol. The van der Waals surface area contributed by atoms with E-state index >= 15 is 0 Å². The molecule has 0 spiro atoms. The minimum atomic E-state index is -0.399. The lowest BCUT2D eigenvalue weighted by Crippen LogP contribution is -2.35. The molecule has 0 saturated carbocycles. The number of halogens is 5. The lowest BCUT2D eigenvalue weighted by molar-refractivity contribution is -0.682. The highest BCUT2D eigenvalue weighted by Crippen LogP contribution is 2.31. The van der Waals surface area contributed by atoms with Gasteiger partial charge in [0.2, 0.25) is 12.1 Å². The number of aromatic nitrogens is 2. The second-order valence-corrected chi connectivity index (χ2v) is 10.9. The molecule has 0 aliphatic heterocycles. The van der Waals surface area contributed by atoms with Crippen LogP contribution in [0.5, 0.6) is 0 Å². The first-order chi connectivity index (χ1) is 16.3. The number of carbonyl (C=O) groups excluding carboxylic acids is 1. The van der Waals surface area contributed by atoms with Crippen molar-refractivity contribution in [3.05, 3.63) is 108 Å². The fourth-order valence-corrected chi connectivity index (χ4v) is 5.34. The van der Waals surface area contributed by atoms with E-state index in [9.17, 15) is 4.79 Å². The third kappa shape index (κ3) is 6.55. The van der Waals surface area contributed by atoms with Gasteiger partial charge in [-0.25, -0.2) is 9.13 Å². The van der Waals surface area contributed by atoms with Crippen molar-refractivity contribution in [3.8, 4) is 0 Å². The van der Waals surface area contributed by atoms with Crippen LogP contribution in [0.4, 0.5) is 0 Å². The Kier molecular flexibility index (Phi) is 8.59. The molecule has 0 amide bonds. The maximum atomic E-state index is 12.5. The molecule has 176 valence electrons. The topological polar surface area (TPSA) is 35.1 Å². The monoisotopic (exact) mass is 573 g/mol. The van der Waals surface area contributed by atoms with E-state index in [4.69, 9.17) is 62.7 Å². The predicted molar refractivity (Wildman–Crippen MR) is 139 cm³/mol. The summed E-state index contributed by atoms with van der Waals surface area (Å²) in [4.78, 5) is 13.1. The molecule has 34 heavy (non-hydrogen) atoms. The average Bonchev–Trinajstić information content (AvgIpc) is 3.41. The maximum absolute atomic E-state index is 12.5. The van der Waals surface area contributed by atoms with E-state index in [-0.39, 0.29) is 18.9 Å². The van der Waals surface area contributed by atoms with Crippen molar-refractivity contribution >= 4 is 75.1 Å². The first-order valence-electron chi connectivity index (χ1n) is 10.1. The molecule has 0 aliphatic carbocycles. The Balaban J connectivity index is 1.51. The van der Waals surface area contributed by atoms with Crippen LogP contribution in [0.1, 0.15) is 26.9 Å². The van der Waals surface area contributed by atoms with Crippen molar-refractivity contribution in [2.24, 2.45) is 0 Å². The Morgan fingerprint density at radius 3 is 2.38 bits per heavy atom. The standard InChI is InChI=1S/C24H18Cl5N2O2S/c25-16-2-1-15(19(27)9-16)13-33-22(18-4-3-17(26)10-20(18)28)12-31-8-7-30(14-31)11-21(32)23-5-6-24(29)34-23/h1-10,14,22H,11-13H2/q+1. The Bertz CT molecular complexity index is 1320. The van der Waals surface area contributed by atoms with Crippen LogP contribution in [0, 0.1) is 0 Å². The summed E-state index contributed by atoms with van der Waals surface area (Å²) in [5.74, 6) is -0.00873. The largest absolute Gasteiger partial charge is 0.365 e. The van der Waals surface area contributed by atoms with Gasteiger partial charge in [-0.3, -0.25) is 4.79 Å². The fraction of sp³-hybridized carbons (Fsp3) is 0.167. The van der Waals surface area contributed by atoms with Gasteiger partial charge in [0.05, 0.1) is 15.8 Å². The van der Waals surface area contributed by atoms with E-state index in [1.54, 1.807) is 36.4 Å². The number of ether oxygens (including phenoxy) is 1. The lowest BCUT2D eigenvalue weighted by Gasteiger charge is -2.19. The van der Waals surface area contributed by atoms with Gasteiger partial charge in [0.1, 0.15) is 25.0 Å². The molecule has 0 radical (unpaired) electrons. The summed E-state index contributed by atoms with van der Waals surface area (Å²) in [7, 11) is 0. The molecule has 2 aromatic heterocycles. The summed E-state index contributed by atoms with van der Waals surface area (Å²) in [6.45, 7) is 0.925. The SMILES string of the molecule is O=C(C[n+]1ccn(CC(OCc2ccc(Cl)cc2Cl)c2ccc(Cl)cc2Cl)c1)c1ccc(Cl)s1. The molecule has 10 heteroatoms. The van der Waals surface area contributed by atoms with Crippen LogP contribution >= 0.6 is 69.3 Å². The van der Waals surface area contributed by atoms with Crippen LogP contribution in [0.15, 0.2) is 67.3 Å². The molecule has 4 rings (SSSR count). The number of imidazole rings is 1. The van der Waals surface area contributed by atoms with Gasteiger partial charge in [-0.05, 0) is 42.0 Å². The highest BCUT2D eigenvalue weighted by molar-refractivity contribution is 7.18. The van der Waals surface area contributed by atoms with Gasteiger partial charge in [-0.2, -0.15) is 0 Å². The Morgan fingerprint density at radius 1 is 0.971 bits per heavy atom. The summed E-state index contributed by atoms with van der Waals surface area (Å²) < 4.78 is 10.6. The molecule has 0 saturated heterocycles. The molecule has 1 atom stereocenters. The molecule has 4 nitrogen and oxygen atoms in total. The van der Waals surface area contributed by atoms with Crippen molar-refractivity contribution in [2.75, 3.05) is 0 Å². The zero-order valence-electron chi connectivity index (χ0n) is 17.6. The van der Waals surface area contributed by atoms with E-state index in [1.807, 2.05) is 40.0 Å². The minimum Gasteiger partial charge on any atom is -0.365 e. The number of hydrogen-bond donors (Lipinski definition) is 0. The molecule has 4 aromatic rings. The first kappa shape index (κ1) is 25.5. The highest BCUT2D eigenvalue weighted by atomic mass is 35.5. The van der Waals surface area contributed by atoms with E-state index < -0.39 is 6.10 Å². The smallest absolute Gasteiger partial charge is 0.244 e. The average molecular weight is 576 g/mol. The molecule has 1 unspecified atom stereocenters. The Labute approximate surface area is 226 Å². The number of benzene rings is 2. The van der Waals surface area contributed by atoms with Crippen LogP contribution in [0.3, 0.4) is 0 Å². The van der Waals surface area contributed by atoms with E-state index in [2.05, 4.69) is 0 Å². The zero-order valence-corrected chi connectivity index (χ0v) is 22.2. The van der Waals surface area contributed by atoms with Crippen molar-refractivity contribution in [2.45, 2.75) is 25.8 Å². The minimum absolute atomic E-state index is 0.00873. The number of ketones is 1. The number of thiophene rings is 1. The highest BCUT2D eigenvalue weighted by Gasteiger charge is 2.21. The van der Waals surface area contributed by atoms with Crippen LogP contribution in [0.25, 0.3) is 0 Å². The second-order valence-electron chi connectivity index (χ2n) is 7.51. The van der Waals surface area contributed by atoms with Crippen LogP contribution in [0.2, 0.25) is 24.4 Å². The fourth-order valence-electron chi connectivity index (χ4n) is 3.37. The lowest BCUT2D eigenvalue weighted by atomic mass is 10.1. The molecule has 0 aliphatic rings. The number of Topliss-reactive ketones (excluding diaryl/α,β-unsaturated/α-hetero) is 1. The molecule has 0 N–H and O–H groups in total. The molecular formula is C24H18Cl5N2O2S+. The molecule has 0 fully saturated rings. The number of carbonyl (C=O) groups is 1. The van der Waals surface area contributed by atoms with Gasteiger partial charge in [0.15, 0.2) is 6.54 Å². The van der Waals surface area contributed by atoms with Gasteiger partial charge < -0.3 is 4.74 Å². The third-order valence-electron chi connectivity index (χ3n) is 5.06. The Hall–Kier alpha value is -1.57. The van der Waals surface area contributed by atoms with Crippen molar-refractivity contribution in [3.63, 3.8) is 0 Å². The second kappa shape index (κ2) is 11.4. The maximum Gasteiger partial charge on any atom is 0.244 e. The van der Waals surface area contributed by atoms with Crippen LogP contribution in [-0.2, 0) is 24.4 Å². The Morgan fingerprint density at radius 2 is 1.71 bits per heavy atom. The van der Waals surface area contributed by atoms with Crippen molar-refractivity contribution < 1.29 is 14.1 Å². The quantitative estimate of drug-likeness (QED) is 0.150. The van der Waals surface area contributed by atoms with Gasteiger partial charge >= 0.3 is 0 Å².